The highest BCUT2D eigenvalue weighted by Crippen LogP contribution is 2.35. The predicted molar refractivity (Wildman–Crippen MR) is 110 cm³/mol. The lowest BCUT2D eigenvalue weighted by Crippen LogP contribution is -2.20. The molecule has 0 spiro atoms. The Labute approximate surface area is 164 Å². The lowest BCUT2D eigenvalue weighted by atomic mass is 10.2. The molecule has 0 amide bonds. The molecule has 5 rings (SSSR count). The van der Waals surface area contributed by atoms with Crippen LogP contribution in [0.25, 0.3) is 15.9 Å². The van der Waals surface area contributed by atoms with Gasteiger partial charge in [-0.15, -0.1) is 11.3 Å². The van der Waals surface area contributed by atoms with E-state index >= 15 is 0 Å². The number of benzene rings is 1. The zero-order chi connectivity index (χ0) is 18.4. The van der Waals surface area contributed by atoms with Gasteiger partial charge in [0.15, 0.2) is 5.16 Å². The second-order valence-electron chi connectivity index (χ2n) is 6.70. The maximum atomic E-state index is 12.9. The van der Waals surface area contributed by atoms with Crippen LogP contribution in [0.2, 0.25) is 0 Å². The van der Waals surface area contributed by atoms with Crippen LogP contribution < -0.4 is 5.56 Å². The van der Waals surface area contributed by atoms with E-state index in [4.69, 9.17) is 4.98 Å². The molecule has 3 aromatic heterocycles. The number of rotatable bonds is 4. The number of aromatic nitrogens is 4. The van der Waals surface area contributed by atoms with Gasteiger partial charge in [0.25, 0.3) is 5.56 Å². The van der Waals surface area contributed by atoms with Gasteiger partial charge in [-0.3, -0.25) is 9.36 Å². The van der Waals surface area contributed by atoms with Crippen LogP contribution in [-0.4, -0.2) is 19.3 Å². The Morgan fingerprint density at radius 3 is 2.85 bits per heavy atom. The first kappa shape index (κ1) is 16.8. The monoisotopic (exact) mass is 394 g/mol. The van der Waals surface area contributed by atoms with E-state index in [-0.39, 0.29) is 5.56 Å². The summed E-state index contributed by atoms with van der Waals surface area (Å²) in [5.41, 5.74) is 3.57. The molecule has 0 N–H and O–H groups in total. The molecule has 27 heavy (non-hydrogen) atoms. The highest BCUT2D eigenvalue weighted by Gasteiger charge is 2.22. The standard InChI is InChI=1S/C20H18N4OS2/c1-23-19(25)17-15-4-2-5-16(15)27-18(17)22-20(23)26-12-13-6-8-14(9-7-13)24-11-3-10-21-24/h3,6-11H,2,4-5,12H2,1H3. The Morgan fingerprint density at radius 2 is 2.07 bits per heavy atom. The maximum Gasteiger partial charge on any atom is 0.262 e. The van der Waals surface area contributed by atoms with Crippen molar-refractivity contribution in [3.05, 3.63) is 69.1 Å². The van der Waals surface area contributed by atoms with Crippen LogP contribution >= 0.6 is 23.1 Å². The minimum atomic E-state index is 0.0935. The molecule has 0 saturated heterocycles. The van der Waals surface area contributed by atoms with Crippen molar-refractivity contribution >= 4 is 33.3 Å². The number of nitrogens with zero attached hydrogens (tertiary/aromatic N) is 4. The molecule has 0 atom stereocenters. The first-order chi connectivity index (χ1) is 13.2. The lowest BCUT2D eigenvalue weighted by molar-refractivity contribution is 0.727. The molecule has 4 aromatic rings. The van der Waals surface area contributed by atoms with E-state index in [1.807, 2.05) is 24.0 Å². The molecular weight excluding hydrogens is 376 g/mol. The van der Waals surface area contributed by atoms with Crippen molar-refractivity contribution in [2.75, 3.05) is 0 Å². The topological polar surface area (TPSA) is 52.7 Å². The SMILES string of the molecule is Cn1c(SCc2ccc(-n3cccn3)cc2)nc2sc3c(c2c1=O)CCC3. The maximum absolute atomic E-state index is 12.9. The Bertz CT molecular complexity index is 1170. The molecule has 0 saturated carbocycles. The van der Waals surface area contributed by atoms with Crippen molar-refractivity contribution in [1.29, 1.82) is 0 Å². The van der Waals surface area contributed by atoms with E-state index in [1.165, 1.54) is 16.0 Å². The molecule has 5 nitrogen and oxygen atoms in total. The van der Waals surface area contributed by atoms with E-state index in [2.05, 4.69) is 29.4 Å². The summed E-state index contributed by atoms with van der Waals surface area (Å²) in [4.78, 5) is 19.9. The van der Waals surface area contributed by atoms with Crippen LogP contribution in [0.4, 0.5) is 0 Å². The summed E-state index contributed by atoms with van der Waals surface area (Å²) in [7, 11) is 1.83. The molecular formula is C20H18N4OS2. The number of hydrogen-bond acceptors (Lipinski definition) is 5. The minimum absolute atomic E-state index is 0.0935. The molecule has 3 heterocycles. The van der Waals surface area contributed by atoms with Crippen molar-refractivity contribution < 1.29 is 0 Å². The van der Waals surface area contributed by atoms with Crippen LogP contribution in [-0.2, 0) is 25.6 Å². The minimum Gasteiger partial charge on any atom is -0.290 e. The molecule has 0 aliphatic heterocycles. The van der Waals surface area contributed by atoms with E-state index in [0.29, 0.717) is 0 Å². The van der Waals surface area contributed by atoms with Crippen LogP contribution in [0.1, 0.15) is 22.4 Å². The third-order valence-corrected chi connectivity index (χ3v) is 7.27. The van der Waals surface area contributed by atoms with Gasteiger partial charge in [-0.1, -0.05) is 23.9 Å². The van der Waals surface area contributed by atoms with Gasteiger partial charge < -0.3 is 0 Å². The highest BCUT2D eigenvalue weighted by atomic mass is 32.2. The number of thioether (sulfide) groups is 1. The van der Waals surface area contributed by atoms with Crippen LogP contribution in [0, 0.1) is 0 Å². The van der Waals surface area contributed by atoms with Crippen molar-refractivity contribution in [2.45, 2.75) is 30.2 Å². The molecule has 1 aliphatic carbocycles. The Balaban J connectivity index is 1.40. The molecule has 0 radical (unpaired) electrons. The van der Waals surface area contributed by atoms with E-state index in [9.17, 15) is 4.79 Å². The first-order valence-corrected chi connectivity index (χ1v) is 10.7. The van der Waals surface area contributed by atoms with Gasteiger partial charge in [-0.2, -0.15) is 5.10 Å². The molecule has 7 heteroatoms. The molecule has 1 aromatic carbocycles. The first-order valence-electron chi connectivity index (χ1n) is 8.94. The van der Waals surface area contributed by atoms with Crippen molar-refractivity contribution in [3.8, 4) is 5.69 Å². The number of aryl methyl sites for hydroxylation is 2. The van der Waals surface area contributed by atoms with Crippen molar-refractivity contribution in [2.24, 2.45) is 7.05 Å². The van der Waals surface area contributed by atoms with Gasteiger partial charge in [-0.25, -0.2) is 9.67 Å². The molecule has 1 aliphatic rings. The fourth-order valence-electron chi connectivity index (χ4n) is 3.55. The average Bonchev–Trinajstić information content (AvgIpc) is 3.41. The summed E-state index contributed by atoms with van der Waals surface area (Å²) >= 11 is 3.31. The number of fused-ring (bicyclic) bond motifs is 3. The van der Waals surface area contributed by atoms with E-state index < -0.39 is 0 Å². The Kier molecular flexibility index (Phi) is 4.13. The zero-order valence-corrected chi connectivity index (χ0v) is 16.5. The average molecular weight is 395 g/mol. The Morgan fingerprint density at radius 1 is 1.22 bits per heavy atom. The van der Waals surface area contributed by atoms with Gasteiger partial charge in [-0.05, 0) is 48.6 Å². The van der Waals surface area contributed by atoms with Crippen LogP contribution in [0.3, 0.4) is 0 Å². The summed E-state index contributed by atoms with van der Waals surface area (Å²) < 4.78 is 3.54. The van der Waals surface area contributed by atoms with Gasteiger partial charge in [0.2, 0.25) is 0 Å². The third-order valence-electron chi connectivity index (χ3n) is 4.98. The van der Waals surface area contributed by atoms with E-state index in [0.717, 1.165) is 46.1 Å². The summed E-state index contributed by atoms with van der Waals surface area (Å²) in [5.74, 6) is 0.774. The predicted octanol–water partition coefficient (Wildman–Crippen LogP) is 3.96. The highest BCUT2D eigenvalue weighted by molar-refractivity contribution is 7.98. The second-order valence-corrected chi connectivity index (χ2v) is 8.73. The second kappa shape index (κ2) is 6.65. The molecule has 0 unspecified atom stereocenters. The fourth-order valence-corrected chi connectivity index (χ4v) is 5.78. The van der Waals surface area contributed by atoms with Crippen molar-refractivity contribution in [1.82, 2.24) is 19.3 Å². The fraction of sp³-hybridized carbons (Fsp3) is 0.250. The normalized spacial score (nSPS) is 13.4. The zero-order valence-electron chi connectivity index (χ0n) is 14.9. The quantitative estimate of drug-likeness (QED) is 0.388. The Hall–Kier alpha value is -2.38. The summed E-state index contributed by atoms with van der Waals surface area (Å²) in [5, 5.41) is 5.88. The number of hydrogen-bond donors (Lipinski definition) is 0. The van der Waals surface area contributed by atoms with Crippen molar-refractivity contribution in [3.63, 3.8) is 0 Å². The van der Waals surface area contributed by atoms with Gasteiger partial charge >= 0.3 is 0 Å². The van der Waals surface area contributed by atoms with Crippen LogP contribution in [0.15, 0.2) is 52.7 Å². The van der Waals surface area contributed by atoms with E-state index in [1.54, 1.807) is 33.9 Å². The lowest BCUT2D eigenvalue weighted by Gasteiger charge is -2.08. The number of thiophene rings is 1. The summed E-state index contributed by atoms with van der Waals surface area (Å²) in [6, 6.07) is 10.2. The van der Waals surface area contributed by atoms with Gasteiger partial charge in [0.05, 0.1) is 11.1 Å². The molecule has 0 fully saturated rings. The van der Waals surface area contributed by atoms with Gasteiger partial charge in [0, 0.05) is 30.1 Å². The third kappa shape index (κ3) is 2.91. The smallest absolute Gasteiger partial charge is 0.262 e. The van der Waals surface area contributed by atoms with Gasteiger partial charge in [0.1, 0.15) is 4.83 Å². The van der Waals surface area contributed by atoms with Crippen LogP contribution in [0.5, 0.6) is 0 Å². The largest absolute Gasteiger partial charge is 0.290 e. The summed E-state index contributed by atoms with van der Waals surface area (Å²) in [6.45, 7) is 0. The molecule has 0 bridgehead atoms. The summed E-state index contributed by atoms with van der Waals surface area (Å²) in [6.07, 6.45) is 6.96. The molecule has 136 valence electrons.